The molecule has 3 N–H and O–H groups in total. The highest BCUT2D eigenvalue weighted by atomic mass is 31.2. The van der Waals surface area contributed by atoms with Crippen molar-refractivity contribution in [1.82, 2.24) is 0 Å². The van der Waals surface area contributed by atoms with Crippen molar-refractivity contribution in [2.45, 2.75) is 381 Å². The molecule has 540 valence electrons. The van der Waals surface area contributed by atoms with Crippen LogP contribution in [-0.4, -0.2) is 96.7 Å². The topological polar surface area (TPSA) is 237 Å². The van der Waals surface area contributed by atoms with E-state index in [1.54, 1.807) is 0 Å². The Morgan fingerprint density at radius 3 is 0.747 bits per heavy atom. The van der Waals surface area contributed by atoms with Crippen LogP contribution in [0.4, 0.5) is 0 Å². The molecule has 0 rings (SSSR count). The van der Waals surface area contributed by atoms with Crippen molar-refractivity contribution in [3.63, 3.8) is 0 Å². The molecule has 19 heteroatoms. The lowest BCUT2D eigenvalue weighted by Gasteiger charge is -2.21. The van der Waals surface area contributed by atoms with Crippen LogP contribution < -0.4 is 0 Å². The number of phosphoric ester groups is 2. The van der Waals surface area contributed by atoms with E-state index in [9.17, 15) is 43.2 Å². The molecule has 0 aromatic carbocycles. The summed E-state index contributed by atoms with van der Waals surface area (Å²) in [6.07, 6.45) is 47.3. The number of hydrogen-bond donors (Lipinski definition) is 3. The van der Waals surface area contributed by atoms with Crippen molar-refractivity contribution >= 4 is 39.5 Å². The van der Waals surface area contributed by atoms with Crippen LogP contribution in [0.3, 0.4) is 0 Å². The minimum Gasteiger partial charge on any atom is -0.462 e. The molecular formula is C72H140O17P2. The molecule has 0 aromatic rings. The average Bonchev–Trinajstić information content (AvgIpc) is 1.99. The monoisotopic (exact) mass is 1340 g/mol. The minimum absolute atomic E-state index is 0.105. The molecule has 0 amide bonds. The van der Waals surface area contributed by atoms with E-state index in [2.05, 4.69) is 48.5 Å². The van der Waals surface area contributed by atoms with Gasteiger partial charge in [-0.2, -0.15) is 0 Å². The Morgan fingerprint density at radius 2 is 0.505 bits per heavy atom. The number of unbranched alkanes of at least 4 members (excludes halogenated alkanes) is 38. The lowest BCUT2D eigenvalue weighted by atomic mass is 10.0. The molecule has 0 radical (unpaired) electrons. The summed E-state index contributed by atoms with van der Waals surface area (Å²) in [5.74, 6) is 0.183. The van der Waals surface area contributed by atoms with Gasteiger partial charge < -0.3 is 33.8 Å². The standard InChI is InChI=1S/C72H140O17P2/c1-8-9-10-11-29-39-46-53-69(74)82-59-67(88-72(77)56-49-42-35-28-22-25-32-38-45-52-65(6)7)61-86-90(78,79)84-57-66(73)58-85-91(80,81)87-62-68(60-83-70(75)54-47-40-33-26-21-17-19-24-31-37-44-51-64(4)5)89-71(76)55-48-41-34-27-20-16-14-12-13-15-18-23-30-36-43-50-63(2)3/h63-68,73H,8-62H2,1-7H3,(H,78,79)(H,80,81)/t66-,67+,68+/m0/s1. The highest BCUT2D eigenvalue weighted by Crippen LogP contribution is 2.45. The first-order valence-corrected chi connectivity index (χ1v) is 40.3. The fraction of sp³-hybridized carbons (Fsp3) is 0.944. The normalized spacial score (nSPS) is 14.2. The van der Waals surface area contributed by atoms with Gasteiger partial charge in [-0.3, -0.25) is 37.3 Å². The van der Waals surface area contributed by atoms with Crippen molar-refractivity contribution in [3.05, 3.63) is 0 Å². The van der Waals surface area contributed by atoms with Gasteiger partial charge in [0.15, 0.2) is 12.2 Å². The van der Waals surface area contributed by atoms with Crippen molar-refractivity contribution in [1.29, 1.82) is 0 Å². The van der Waals surface area contributed by atoms with Crippen LogP contribution in [0.2, 0.25) is 0 Å². The molecule has 5 atom stereocenters. The van der Waals surface area contributed by atoms with Crippen LogP contribution in [0.5, 0.6) is 0 Å². The molecule has 0 aliphatic rings. The maximum Gasteiger partial charge on any atom is 0.472 e. The number of carbonyl (C=O) groups is 4. The van der Waals surface area contributed by atoms with Crippen LogP contribution in [0, 0.1) is 17.8 Å². The number of hydrogen-bond acceptors (Lipinski definition) is 15. The highest BCUT2D eigenvalue weighted by Gasteiger charge is 2.30. The number of ether oxygens (including phenoxy) is 4. The summed E-state index contributed by atoms with van der Waals surface area (Å²) >= 11 is 0. The third-order valence-electron chi connectivity index (χ3n) is 16.6. The zero-order chi connectivity index (χ0) is 67.3. The first kappa shape index (κ1) is 89.1. The largest absolute Gasteiger partial charge is 0.472 e. The molecule has 0 aromatic heterocycles. The quantitative estimate of drug-likeness (QED) is 0.0222. The first-order valence-electron chi connectivity index (χ1n) is 37.3. The smallest absolute Gasteiger partial charge is 0.462 e. The molecule has 0 aliphatic heterocycles. The number of aliphatic hydroxyl groups excluding tert-OH is 1. The maximum absolute atomic E-state index is 13.0. The average molecular weight is 1340 g/mol. The molecule has 0 fully saturated rings. The molecule has 0 heterocycles. The fourth-order valence-corrected chi connectivity index (χ4v) is 12.5. The summed E-state index contributed by atoms with van der Waals surface area (Å²) < 4.78 is 68.3. The van der Waals surface area contributed by atoms with Crippen LogP contribution in [0.1, 0.15) is 363 Å². The Bertz CT molecular complexity index is 1780. The van der Waals surface area contributed by atoms with Crippen LogP contribution >= 0.6 is 15.6 Å². The van der Waals surface area contributed by atoms with E-state index >= 15 is 0 Å². The van der Waals surface area contributed by atoms with E-state index in [1.165, 1.54) is 161 Å². The van der Waals surface area contributed by atoms with Crippen molar-refractivity contribution in [2.24, 2.45) is 17.8 Å². The Labute approximate surface area is 556 Å². The molecule has 17 nitrogen and oxygen atoms in total. The number of phosphoric acid groups is 2. The molecule has 0 saturated carbocycles. The first-order chi connectivity index (χ1) is 43.7. The van der Waals surface area contributed by atoms with Gasteiger partial charge in [-0.1, -0.05) is 312 Å². The lowest BCUT2D eigenvalue weighted by molar-refractivity contribution is -0.161. The van der Waals surface area contributed by atoms with Gasteiger partial charge in [0, 0.05) is 25.7 Å². The van der Waals surface area contributed by atoms with Crippen molar-refractivity contribution < 1.29 is 80.2 Å². The molecule has 0 spiro atoms. The SMILES string of the molecule is CCCCCCCCCC(=O)OC[C@H](COP(=O)(O)OC[C@H](O)COP(=O)(O)OC[C@@H](COC(=O)CCCCCCCCCCCCCC(C)C)OC(=O)CCCCCCCCCCCCCCCCCC(C)C)OC(=O)CCCCCCCCCCCC(C)C. The number of rotatable bonds is 70. The van der Waals surface area contributed by atoms with Gasteiger partial charge in [-0.05, 0) is 43.4 Å². The van der Waals surface area contributed by atoms with Gasteiger partial charge in [-0.25, -0.2) is 9.13 Å². The van der Waals surface area contributed by atoms with Crippen LogP contribution in [0.15, 0.2) is 0 Å². The summed E-state index contributed by atoms with van der Waals surface area (Å²) in [4.78, 5) is 72.5. The summed E-state index contributed by atoms with van der Waals surface area (Å²) in [6.45, 7) is 11.8. The van der Waals surface area contributed by atoms with Crippen LogP contribution in [0.25, 0.3) is 0 Å². The second-order valence-corrected chi connectivity index (χ2v) is 30.3. The summed E-state index contributed by atoms with van der Waals surface area (Å²) in [5.41, 5.74) is 0. The van der Waals surface area contributed by atoms with Gasteiger partial charge in [-0.15, -0.1) is 0 Å². The summed E-state index contributed by atoms with van der Waals surface area (Å²) in [6, 6.07) is 0. The van der Waals surface area contributed by atoms with Crippen molar-refractivity contribution in [3.8, 4) is 0 Å². The lowest BCUT2D eigenvalue weighted by Crippen LogP contribution is -2.30. The van der Waals surface area contributed by atoms with Crippen molar-refractivity contribution in [2.75, 3.05) is 39.6 Å². The third kappa shape index (κ3) is 66.5. The van der Waals surface area contributed by atoms with Gasteiger partial charge in [0.25, 0.3) is 0 Å². The second-order valence-electron chi connectivity index (χ2n) is 27.4. The fourth-order valence-electron chi connectivity index (χ4n) is 10.9. The maximum atomic E-state index is 13.0. The Kier molecular flexibility index (Phi) is 61.5. The predicted molar refractivity (Wildman–Crippen MR) is 368 cm³/mol. The Morgan fingerprint density at radius 1 is 0.297 bits per heavy atom. The van der Waals surface area contributed by atoms with E-state index in [4.69, 9.17) is 37.0 Å². The zero-order valence-corrected chi connectivity index (χ0v) is 61.1. The molecule has 0 bridgehead atoms. The predicted octanol–water partition coefficient (Wildman–Crippen LogP) is 20.6. The second kappa shape index (κ2) is 62.8. The molecule has 91 heavy (non-hydrogen) atoms. The molecule has 0 saturated heterocycles. The molecule has 0 aliphatic carbocycles. The summed E-state index contributed by atoms with van der Waals surface area (Å²) in [7, 11) is -9.90. The van der Waals surface area contributed by atoms with Gasteiger partial charge in [0.1, 0.15) is 19.3 Å². The number of carbonyl (C=O) groups excluding carboxylic acids is 4. The number of esters is 4. The minimum atomic E-state index is -4.95. The van der Waals surface area contributed by atoms with E-state index in [-0.39, 0.29) is 25.7 Å². The highest BCUT2D eigenvalue weighted by molar-refractivity contribution is 7.47. The Hall–Kier alpha value is -1.94. The van der Waals surface area contributed by atoms with Gasteiger partial charge in [0.2, 0.25) is 0 Å². The summed E-state index contributed by atoms with van der Waals surface area (Å²) in [5, 5.41) is 10.6. The number of aliphatic hydroxyl groups is 1. The van der Waals surface area contributed by atoms with E-state index in [1.807, 2.05) is 0 Å². The zero-order valence-electron chi connectivity index (χ0n) is 59.3. The Balaban J connectivity index is 5.20. The van der Waals surface area contributed by atoms with E-state index < -0.39 is 97.5 Å². The third-order valence-corrected chi connectivity index (χ3v) is 18.5. The van der Waals surface area contributed by atoms with E-state index in [0.29, 0.717) is 25.7 Å². The molecule has 2 unspecified atom stereocenters. The van der Waals surface area contributed by atoms with E-state index in [0.717, 1.165) is 120 Å². The van der Waals surface area contributed by atoms with Gasteiger partial charge in [0.05, 0.1) is 26.4 Å². The van der Waals surface area contributed by atoms with Gasteiger partial charge >= 0.3 is 39.5 Å². The molecular weight excluding hydrogens is 1200 g/mol. The van der Waals surface area contributed by atoms with Crippen LogP contribution in [-0.2, 0) is 65.4 Å².